The summed E-state index contributed by atoms with van der Waals surface area (Å²) in [6.45, 7) is 7.85. The lowest BCUT2D eigenvalue weighted by Gasteiger charge is -2.36. The van der Waals surface area contributed by atoms with Crippen LogP contribution in [0.15, 0.2) is 0 Å². The molecule has 5 rings (SSSR count). The van der Waals surface area contributed by atoms with Crippen molar-refractivity contribution in [1.82, 2.24) is 19.8 Å². The minimum absolute atomic E-state index is 0.103. The highest BCUT2D eigenvalue weighted by molar-refractivity contribution is 7.19. The molecule has 0 spiro atoms. The molecular weight excluding hydrogens is 410 g/mol. The molecule has 2 atom stereocenters. The molecule has 2 aromatic heterocycles. The van der Waals surface area contributed by atoms with Gasteiger partial charge < -0.3 is 20.3 Å². The second-order valence-corrected chi connectivity index (χ2v) is 10.5. The van der Waals surface area contributed by atoms with Crippen LogP contribution in [0.5, 0.6) is 0 Å². The number of nitrogens with zero attached hydrogens (tertiary/aromatic N) is 4. The van der Waals surface area contributed by atoms with Crippen molar-refractivity contribution in [2.75, 3.05) is 51.7 Å². The third-order valence-corrected chi connectivity index (χ3v) is 8.21. The number of amides is 1. The van der Waals surface area contributed by atoms with E-state index in [-0.39, 0.29) is 5.92 Å². The molecule has 8 heteroatoms. The van der Waals surface area contributed by atoms with Crippen molar-refractivity contribution in [3.63, 3.8) is 0 Å². The third kappa shape index (κ3) is 4.43. The molecule has 31 heavy (non-hydrogen) atoms. The zero-order chi connectivity index (χ0) is 21.4. The van der Waals surface area contributed by atoms with Crippen molar-refractivity contribution in [3.8, 4) is 0 Å². The lowest BCUT2D eigenvalue weighted by atomic mass is 9.89. The summed E-state index contributed by atoms with van der Waals surface area (Å²) in [6, 6.07) is 0. The van der Waals surface area contributed by atoms with Gasteiger partial charge in [0.1, 0.15) is 16.5 Å². The number of likely N-dealkylation sites (tertiary alicyclic amines) is 1. The molecule has 2 aromatic rings. The number of thiophene rings is 1. The molecule has 168 valence electrons. The van der Waals surface area contributed by atoms with E-state index >= 15 is 0 Å². The van der Waals surface area contributed by atoms with Gasteiger partial charge in [-0.2, -0.15) is 0 Å². The van der Waals surface area contributed by atoms with Gasteiger partial charge in [-0.25, -0.2) is 9.97 Å². The summed E-state index contributed by atoms with van der Waals surface area (Å²) in [5.74, 6) is 2.62. The number of nitrogen functional groups attached to an aromatic ring is 1. The minimum Gasteiger partial charge on any atom is -0.383 e. The summed E-state index contributed by atoms with van der Waals surface area (Å²) in [6.07, 6.45) is 6.28. The number of morpholine rings is 1. The van der Waals surface area contributed by atoms with Crippen molar-refractivity contribution < 1.29 is 9.53 Å². The van der Waals surface area contributed by atoms with Gasteiger partial charge in [-0.3, -0.25) is 4.79 Å². The molecule has 1 amide bonds. The Hall–Kier alpha value is -1.77. The van der Waals surface area contributed by atoms with Crippen LogP contribution in [0, 0.1) is 11.8 Å². The first-order valence-electron chi connectivity index (χ1n) is 11.7. The number of nitrogens with two attached hydrogens (primary N) is 1. The Morgan fingerprint density at radius 1 is 1.23 bits per heavy atom. The van der Waals surface area contributed by atoms with Crippen LogP contribution in [0.2, 0.25) is 0 Å². The lowest BCUT2D eigenvalue weighted by molar-refractivity contribution is -0.141. The standard InChI is InChI=1S/C23H33N5O2S/c1-15-4-5-17-18(13-15)31-22-20(17)21(24)25-19(26-22)6-8-27-7-2-3-16(14-27)23(29)28-9-11-30-12-10-28/h15-16H,2-14H2,1H3,(H2,24,25,26). The van der Waals surface area contributed by atoms with Crippen molar-refractivity contribution in [2.45, 2.75) is 45.4 Å². The number of carbonyl (C=O) groups is 1. The highest BCUT2D eigenvalue weighted by Crippen LogP contribution is 2.39. The zero-order valence-corrected chi connectivity index (χ0v) is 19.3. The van der Waals surface area contributed by atoms with Gasteiger partial charge >= 0.3 is 0 Å². The number of aromatic nitrogens is 2. The molecule has 0 bridgehead atoms. The second-order valence-electron chi connectivity index (χ2n) is 9.38. The molecule has 2 unspecified atom stereocenters. The first-order chi connectivity index (χ1) is 15.1. The van der Waals surface area contributed by atoms with Gasteiger partial charge in [-0.1, -0.05) is 6.92 Å². The van der Waals surface area contributed by atoms with E-state index in [1.807, 2.05) is 16.2 Å². The van der Waals surface area contributed by atoms with Crippen LogP contribution in [0.3, 0.4) is 0 Å². The number of fused-ring (bicyclic) bond motifs is 3. The van der Waals surface area contributed by atoms with Crippen LogP contribution in [0.1, 0.15) is 42.5 Å². The van der Waals surface area contributed by atoms with Gasteiger partial charge in [0, 0.05) is 37.5 Å². The first kappa shape index (κ1) is 21.1. The molecule has 4 heterocycles. The number of anilines is 1. The number of aryl methyl sites for hydroxylation is 1. The summed E-state index contributed by atoms with van der Waals surface area (Å²) in [7, 11) is 0. The second kappa shape index (κ2) is 9.00. The summed E-state index contributed by atoms with van der Waals surface area (Å²) >= 11 is 1.81. The summed E-state index contributed by atoms with van der Waals surface area (Å²) < 4.78 is 5.39. The Morgan fingerprint density at radius 2 is 2.06 bits per heavy atom. The largest absolute Gasteiger partial charge is 0.383 e. The normalized spacial score (nSPS) is 25.0. The Balaban J connectivity index is 1.23. The number of piperidine rings is 1. The van der Waals surface area contributed by atoms with E-state index in [1.165, 1.54) is 16.9 Å². The highest BCUT2D eigenvalue weighted by Gasteiger charge is 2.30. The Kier molecular flexibility index (Phi) is 6.12. The van der Waals surface area contributed by atoms with Crippen molar-refractivity contribution in [1.29, 1.82) is 0 Å². The number of rotatable bonds is 4. The third-order valence-electron chi connectivity index (χ3n) is 7.06. The number of ether oxygens (including phenoxy) is 1. The Morgan fingerprint density at radius 3 is 2.90 bits per heavy atom. The fraction of sp³-hybridized carbons (Fsp3) is 0.696. The van der Waals surface area contributed by atoms with E-state index in [9.17, 15) is 4.79 Å². The van der Waals surface area contributed by atoms with Crippen LogP contribution in [-0.2, 0) is 28.8 Å². The minimum atomic E-state index is 0.103. The summed E-state index contributed by atoms with van der Waals surface area (Å²) in [4.78, 5) is 29.3. The van der Waals surface area contributed by atoms with Crippen LogP contribution < -0.4 is 5.73 Å². The van der Waals surface area contributed by atoms with Crippen molar-refractivity contribution in [2.24, 2.45) is 11.8 Å². The molecule has 2 saturated heterocycles. The lowest BCUT2D eigenvalue weighted by Crippen LogP contribution is -2.48. The molecule has 0 saturated carbocycles. The fourth-order valence-electron chi connectivity index (χ4n) is 5.29. The van der Waals surface area contributed by atoms with Crippen LogP contribution >= 0.6 is 11.3 Å². The monoisotopic (exact) mass is 443 g/mol. The Labute approximate surface area is 188 Å². The SMILES string of the molecule is CC1CCc2c(sc3nc(CCN4CCCC(C(=O)N5CCOCC5)C4)nc(N)c23)C1. The number of hydrogen-bond acceptors (Lipinski definition) is 7. The Bertz CT molecular complexity index is 955. The van der Waals surface area contributed by atoms with Crippen LogP contribution in [0.4, 0.5) is 5.82 Å². The van der Waals surface area contributed by atoms with Crippen molar-refractivity contribution >= 4 is 33.3 Å². The highest BCUT2D eigenvalue weighted by atomic mass is 32.1. The van der Waals surface area contributed by atoms with Gasteiger partial charge in [0.25, 0.3) is 0 Å². The molecule has 3 aliphatic rings. The topological polar surface area (TPSA) is 84.6 Å². The first-order valence-corrected chi connectivity index (χ1v) is 12.6. The van der Waals surface area contributed by atoms with Gasteiger partial charge in [0.15, 0.2) is 0 Å². The quantitative estimate of drug-likeness (QED) is 0.782. The summed E-state index contributed by atoms with van der Waals surface area (Å²) in [5, 5.41) is 1.10. The van der Waals surface area contributed by atoms with E-state index in [0.29, 0.717) is 24.9 Å². The molecule has 0 radical (unpaired) electrons. The average molecular weight is 444 g/mol. The van der Waals surface area contributed by atoms with E-state index in [0.717, 1.165) is 86.8 Å². The summed E-state index contributed by atoms with van der Waals surface area (Å²) in [5.41, 5.74) is 7.79. The fourth-order valence-corrected chi connectivity index (χ4v) is 6.70. The molecule has 2 fully saturated rings. The van der Waals surface area contributed by atoms with E-state index in [2.05, 4.69) is 16.8 Å². The van der Waals surface area contributed by atoms with Crippen LogP contribution in [0.25, 0.3) is 10.2 Å². The number of hydrogen-bond donors (Lipinski definition) is 1. The molecular formula is C23H33N5O2S. The molecule has 0 aromatic carbocycles. The van der Waals surface area contributed by atoms with E-state index < -0.39 is 0 Å². The predicted octanol–water partition coefficient (Wildman–Crippen LogP) is 2.51. The van der Waals surface area contributed by atoms with Gasteiger partial charge in [-0.05, 0) is 50.1 Å². The molecule has 2 N–H and O–H groups in total. The van der Waals surface area contributed by atoms with Crippen molar-refractivity contribution in [3.05, 3.63) is 16.3 Å². The van der Waals surface area contributed by atoms with Gasteiger partial charge in [0.2, 0.25) is 5.91 Å². The van der Waals surface area contributed by atoms with E-state index in [4.69, 9.17) is 15.5 Å². The molecule has 2 aliphatic heterocycles. The van der Waals surface area contributed by atoms with Gasteiger partial charge in [0.05, 0.1) is 24.5 Å². The van der Waals surface area contributed by atoms with Gasteiger partial charge in [-0.15, -0.1) is 11.3 Å². The molecule has 1 aliphatic carbocycles. The average Bonchev–Trinajstić information content (AvgIpc) is 3.15. The maximum absolute atomic E-state index is 12.9. The number of carbonyl (C=O) groups excluding carboxylic acids is 1. The molecule has 7 nitrogen and oxygen atoms in total. The smallest absolute Gasteiger partial charge is 0.227 e. The maximum Gasteiger partial charge on any atom is 0.227 e. The van der Waals surface area contributed by atoms with Crippen LogP contribution in [-0.4, -0.2) is 71.6 Å². The maximum atomic E-state index is 12.9. The zero-order valence-electron chi connectivity index (χ0n) is 18.4. The van der Waals surface area contributed by atoms with E-state index in [1.54, 1.807) is 0 Å². The predicted molar refractivity (Wildman–Crippen MR) is 123 cm³/mol.